The van der Waals surface area contributed by atoms with Crippen LogP contribution in [-0.2, 0) is 6.54 Å². The fourth-order valence-corrected chi connectivity index (χ4v) is 4.21. The number of hydrogen-bond acceptors (Lipinski definition) is 3. The monoisotopic (exact) mass is 369 g/mol. The van der Waals surface area contributed by atoms with E-state index in [1.54, 1.807) is 11.0 Å². The van der Waals surface area contributed by atoms with Crippen molar-refractivity contribution in [3.05, 3.63) is 34.0 Å². The molecule has 2 atom stereocenters. The third-order valence-corrected chi connectivity index (χ3v) is 5.69. The second-order valence-electron chi connectivity index (χ2n) is 6.65. The number of carbonyl (C=O) groups excluding carboxylic acids is 1. The average Bonchev–Trinajstić information content (AvgIpc) is 2.97. The quantitative estimate of drug-likeness (QED) is 0.730. The highest BCUT2D eigenvalue weighted by atomic mass is 35.5. The molecule has 0 saturated carbocycles. The normalized spacial score (nSPS) is 19.7. The second kappa shape index (κ2) is 9.44. The molecule has 1 N–H and O–H groups in total. The number of halogens is 1. The molecule has 2 rings (SSSR count). The Morgan fingerprint density at radius 2 is 2.42 bits per heavy atom. The first-order chi connectivity index (χ1) is 11.5. The molecule has 134 valence electrons. The predicted octanol–water partition coefficient (Wildman–Crippen LogP) is 4.22. The van der Waals surface area contributed by atoms with Gasteiger partial charge in [0.1, 0.15) is 0 Å². The first-order valence-corrected chi connectivity index (χ1v) is 9.81. The van der Waals surface area contributed by atoms with Gasteiger partial charge in [-0.05, 0) is 44.4 Å². The molecule has 4 nitrogen and oxygen atoms in total. The Kier molecular flexibility index (Phi) is 7.59. The first-order valence-electron chi connectivity index (χ1n) is 8.61. The molecule has 0 unspecified atom stereocenters. The van der Waals surface area contributed by atoms with E-state index in [0.29, 0.717) is 25.7 Å². The lowest BCUT2D eigenvalue weighted by molar-refractivity contribution is 0.135. The maximum Gasteiger partial charge on any atom is 0.318 e. The number of amides is 2. The lowest BCUT2D eigenvalue weighted by Crippen LogP contribution is -2.48. The molecule has 1 aromatic heterocycles. The summed E-state index contributed by atoms with van der Waals surface area (Å²) in [5.41, 5.74) is 0. The molecule has 2 amide bonds. The van der Waals surface area contributed by atoms with Gasteiger partial charge in [-0.1, -0.05) is 24.6 Å². The summed E-state index contributed by atoms with van der Waals surface area (Å²) in [6.45, 7) is 12.3. The molecule has 6 heteroatoms. The van der Waals surface area contributed by atoms with E-state index in [9.17, 15) is 4.79 Å². The van der Waals surface area contributed by atoms with E-state index >= 15 is 0 Å². The summed E-state index contributed by atoms with van der Waals surface area (Å²) in [6, 6.07) is 4.15. The number of nitrogens with zero attached hydrogens (tertiary/aromatic N) is 2. The number of hydrogen-bond donors (Lipinski definition) is 1. The maximum absolute atomic E-state index is 12.5. The number of rotatable bonds is 7. The fraction of sp³-hybridized carbons (Fsp3) is 0.611. The number of piperidine rings is 1. The Balaban J connectivity index is 1.84. The van der Waals surface area contributed by atoms with E-state index in [4.69, 9.17) is 11.6 Å². The lowest BCUT2D eigenvalue weighted by atomic mass is 9.99. The Labute approximate surface area is 154 Å². The Bertz CT molecular complexity index is 548. The van der Waals surface area contributed by atoms with Crippen molar-refractivity contribution in [1.82, 2.24) is 15.1 Å². The van der Waals surface area contributed by atoms with Crippen LogP contribution in [0.1, 0.15) is 31.6 Å². The largest absolute Gasteiger partial charge is 0.336 e. The molecule has 0 aliphatic carbocycles. The average molecular weight is 370 g/mol. The molecule has 0 spiro atoms. The van der Waals surface area contributed by atoms with Gasteiger partial charge in [-0.25, -0.2) is 4.79 Å². The number of thiophene rings is 1. The van der Waals surface area contributed by atoms with Crippen molar-refractivity contribution in [2.24, 2.45) is 5.92 Å². The van der Waals surface area contributed by atoms with E-state index in [-0.39, 0.29) is 6.03 Å². The van der Waals surface area contributed by atoms with Crippen molar-refractivity contribution >= 4 is 29.0 Å². The summed E-state index contributed by atoms with van der Waals surface area (Å²) < 4.78 is 0.747. The smallest absolute Gasteiger partial charge is 0.318 e. The highest BCUT2D eigenvalue weighted by molar-refractivity contribution is 7.16. The van der Waals surface area contributed by atoms with Gasteiger partial charge in [-0.3, -0.25) is 4.90 Å². The van der Waals surface area contributed by atoms with Gasteiger partial charge in [0.15, 0.2) is 0 Å². The molecule has 0 radical (unpaired) electrons. The van der Waals surface area contributed by atoms with Crippen LogP contribution in [0.2, 0.25) is 4.34 Å². The molecule has 1 aliphatic rings. The van der Waals surface area contributed by atoms with E-state index in [0.717, 1.165) is 28.2 Å². The van der Waals surface area contributed by atoms with Crippen molar-refractivity contribution in [3.63, 3.8) is 0 Å². The van der Waals surface area contributed by atoms with Gasteiger partial charge in [-0.2, -0.15) is 0 Å². The lowest BCUT2D eigenvalue weighted by Gasteiger charge is -2.36. The zero-order valence-corrected chi connectivity index (χ0v) is 16.2. The fourth-order valence-electron chi connectivity index (χ4n) is 3.10. The summed E-state index contributed by atoms with van der Waals surface area (Å²) in [6.07, 6.45) is 4.32. The molecular weight excluding hydrogens is 342 g/mol. The van der Waals surface area contributed by atoms with Crippen molar-refractivity contribution in [2.45, 2.75) is 39.3 Å². The van der Waals surface area contributed by atoms with Crippen LogP contribution in [0.4, 0.5) is 4.79 Å². The van der Waals surface area contributed by atoms with Crippen LogP contribution >= 0.6 is 22.9 Å². The minimum Gasteiger partial charge on any atom is -0.336 e. The van der Waals surface area contributed by atoms with Crippen molar-refractivity contribution in [2.75, 3.05) is 26.2 Å². The van der Waals surface area contributed by atoms with Crippen LogP contribution < -0.4 is 5.32 Å². The molecule has 24 heavy (non-hydrogen) atoms. The summed E-state index contributed by atoms with van der Waals surface area (Å²) in [5, 5.41) is 3.08. The van der Waals surface area contributed by atoms with Crippen molar-refractivity contribution in [3.8, 4) is 0 Å². The van der Waals surface area contributed by atoms with Gasteiger partial charge < -0.3 is 10.2 Å². The zero-order chi connectivity index (χ0) is 17.5. The molecule has 2 heterocycles. The van der Waals surface area contributed by atoms with Crippen LogP contribution in [0.15, 0.2) is 24.8 Å². The number of nitrogens with one attached hydrogen (secondary N) is 1. The third-order valence-electron chi connectivity index (χ3n) is 4.47. The topological polar surface area (TPSA) is 35.6 Å². The van der Waals surface area contributed by atoms with E-state index < -0.39 is 0 Å². The van der Waals surface area contributed by atoms with Gasteiger partial charge in [0, 0.05) is 30.6 Å². The molecule has 1 aromatic rings. The number of carbonyl (C=O) groups is 1. The van der Waals surface area contributed by atoms with Crippen LogP contribution in [0.3, 0.4) is 0 Å². The highest BCUT2D eigenvalue weighted by Gasteiger charge is 2.22. The molecule has 1 saturated heterocycles. The predicted molar refractivity (Wildman–Crippen MR) is 103 cm³/mol. The first kappa shape index (κ1) is 19.3. The van der Waals surface area contributed by atoms with Crippen molar-refractivity contribution < 1.29 is 4.79 Å². The molecular formula is C18H28ClN3OS. The van der Waals surface area contributed by atoms with E-state index in [1.165, 1.54) is 24.2 Å². The second-order valence-corrected chi connectivity index (χ2v) is 8.45. The Hall–Kier alpha value is -1.04. The zero-order valence-electron chi connectivity index (χ0n) is 14.6. The highest BCUT2D eigenvalue weighted by Crippen LogP contribution is 2.22. The van der Waals surface area contributed by atoms with Gasteiger partial charge in [0.05, 0.1) is 10.9 Å². The van der Waals surface area contributed by atoms with Crippen molar-refractivity contribution in [1.29, 1.82) is 0 Å². The van der Waals surface area contributed by atoms with Gasteiger partial charge in [-0.15, -0.1) is 17.9 Å². The Morgan fingerprint density at radius 1 is 1.62 bits per heavy atom. The number of urea groups is 1. The molecule has 1 fully saturated rings. The van der Waals surface area contributed by atoms with Crippen LogP contribution in [0.25, 0.3) is 0 Å². The minimum atomic E-state index is -0.0451. The van der Waals surface area contributed by atoms with E-state index in [1.807, 2.05) is 12.1 Å². The van der Waals surface area contributed by atoms with Gasteiger partial charge in [0.2, 0.25) is 0 Å². The minimum absolute atomic E-state index is 0.0451. The number of likely N-dealkylation sites (tertiary alicyclic amines) is 1. The summed E-state index contributed by atoms with van der Waals surface area (Å²) in [4.78, 5) is 17.8. The SMILES string of the molecule is C=CCN(Cc1ccc(Cl)s1)C(=O)NC[C@@H](C)N1CCC[C@@H](C)C1. The van der Waals surface area contributed by atoms with Gasteiger partial charge >= 0.3 is 6.03 Å². The molecule has 0 aromatic carbocycles. The maximum atomic E-state index is 12.5. The van der Waals surface area contributed by atoms with Crippen LogP contribution in [-0.4, -0.2) is 48.1 Å². The van der Waals surface area contributed by atoms with Crippen LogP contribution in [0.5, 0.6) is 0 Å². The molecule has 0 bridgehead atoms. The van der Waals surface area contributed by atoms with E-state index in [2.05, 4.69) is 30.6 Å². The Morgan fingerprint density at radius 3 is 3.04 bits per heavy atom. The van der Waals surface area contributed by atoms with Gasteiger partial charge in [0.25, 0.3) is 0 Å². The summed E-state index contributed by atoms with van der Waals surface area (Å²) >= 11 is 7.48. The third kappa shape index (κ3) is 5.80. The van der Waals surface area contributed by atoms with Crippen LogP contribution in [0, 0.1) is 5.92 Å². The standard InChI is InChI=1S/C18H28ClN3OS/c1-4-9-22(13-16-7-8-17(19)24-16)18(23)20-11-15(3)21-10-5-6-14(2)12-21/h4,7-8,14-15H,1,5-6,9-13H2,2-3H3,(H,20,23)/t14-,15-/m1/s1. The molecule has 1 aliphatic heterocycles. The summed E-state index contributed by atoms with van der Waals surface area (Å²) in [5.74, 6) is 0.748. The summed E-state index contributed by atoms with van der Waals surface area (Å²) in [7, 11) is 0.